The zero-order valence-corrected chi connectivity index (χ0v) is 16.7. The molecule has 2 N–H and O–H groups in total. The Hall–Kier alpha value is -3.16. The second-order valence-corrected chi connectivity index (χ2v) is 7.31. The Morgan fingerprint density at radius 2 is 1.86 bits per heavy atom. The number of nitrogens with zero attached hydrogens (tertiary/aromatic N) is 3. The van der Waals surface area contributed by atoms with Gasteiger partial charge in [-0.3, -0.25) is 14.9 Å². The van der Waals surface area contributed by atoms with Crippen molar-refractivity contribution in [2.24, 2.45) is 0 Å². The van der Waals surface area contributed by atoms with Gasteiger partial charge < -0.3 is 9.80 Å². The van der Waals surface area contributed by atoms with Crippen LogP contribution in [-0.4, -0.2) is 54.1 Å². The topological polar surface area (TPSA) is 76.1 Å². The minimum Gasteiger partial charge on any atom is -0.318 e. The number of carbonyl (C=O) groups is 2. The van der Waals surface area contributed by atoms with E-state index in [0.29, 0.717) is 19.6 Å². The predicted molar refractivity (Wildman–Crippen MR) is 112 cm³/mol. The molecule has 152 valence electrons. The molecule has 2 aromatic carbocycles. The minimum atomic E-state index is -0.589. The molecule has 1 fully saturated rings. The van der Waals surface area contributed by atoms with Crippen molar-refractivity contribution in [2.75, 3.05) is 32.1 Å². The first-order chi connectivity index (χ1) is 14.0. The third kappa shape index (κ3) is 5.43. The van der Waals surface area contributed by atoms with E-state index in [2.05, 4.69) is 23.1 Å². The van der Waals surface area contributed by atoms with Crippen LogP contribution in [0.25, 0.3) is 6.08 Å². The SMILES string of the molecule is CN(C)Cc1cccc(CN2CCN(c3ccc(/C=C/C(=O)NO)cc3)C2=O)c1. The highest BCUT2D eigenvalue weighted by Crippen LogP contribution is 2.23. The lowest BCUT2D eigenvalue weighted by Gasteiger charge is -2.19. The maximum absolute atomic E-state index is 12.9. The molecule has 3 amide bonds. The quantitative estimate of drug-likeness (QED) is 0.430. The summed E-state index contributed by atoms with van der Waals surface area (Å²) >= 11 is 0. The smallest absolute Gasteiger partial charge is 0.318 e. The molecular weight excluding hydrogens is 368 g/mol. The molecule has 0 spiro atoms. The Labute approximate surface area is 170 Å². The minimum absolute atomic E-state index is 0.00837. The first kappa shape index (κ1) is 20.6. The standard InChI is InChI=1S/C22H26N4O3/c1-24(2)15-18-4-3-5-19(14-18)16-25-12-13-26(22(25)28)20-9-6-17(7-10-20)8-11-21(27)23-29/h3-11,14,29H,12-13,15-16H2,1-2H3,(H,23,27)/b11-8+. The van der Waals surface area contributed by atoms with Gasteiger partial charge in [-0.05, 0) is 49.0 Å². The number of hydroxylamine groups is 1. The number of hydrogen-bond acceptors (Lipinski definition) is 4. The average molecular weight is 394 g/mol. The summed E-state index contributed by atoms with van der Waals surface area (Å²) in [5.41, 5.74) is 5.53. The molecule has 1 saturated heterocycles. The first-order valence-corrected chi connectivity index (χ1v) is 9.47. The molecule has 0 unspecified atom stereocenters. The highest BCUT2D eigenvalue weighted by molar-refractivity contribution is 5.94. The molecule has 7 nitrogen and oxygen atoms in total. The average Bonchev–Trinajstić information content (AvgIpc) is 3.06. The van der Waals surface area contributed by atoms with E-state index in [1.807, 2.05) is 49.3 Å². The van der Waals surface area contributed by atoms with Crippen molar-refractivity contribution < 1.29 is 14.8 Å². The van der Waals surface area contributed by atoms with Crippen molar-refractivity contribution in [2.45, 2.75) is 13.1 Å². The van der Waals surface area contributed by atoms with Crippen LogP contribution in [0.5, 0.6) is 0 Å². The maximum Gasteiger partial charge on any atom is 0.324 e. The van der Waals surface area contributed by atoms with E-state index < -0.39 is 5.91 Å². The summed E-state index contributed by atoms with van der Waals surface area (Å²) in [5, 5.41) is 8.51. The predicted octanol–water partition coefficient (Wildman–Crippen LogP) is 2.71. The van der Waals surface area contributed by atoms with Gasteiger partial charge in [-0.15, -0.1) is 0 Å². The monoisotopic (exact) mass is 394 g/mol. The molecule has 0 atom stereocenters. The van der Waals surface area contributed by atoms with Crippen LogP contribution in [0.3, 0.4) is 0 Å². The van der Waals surface area contributed by atoms with Gasteiger partial charge in [0.2, 0.25) is 0 Å². The number of urea groups is 1. The third-order valence-corrected chi connectivity index (χ3v) is 4.70. The molecular formula is C22H26N4O3. The van der Waals surface area contributed by atoms with E-state index in [4.69, 9.17) is 5.21 Å². The Morgan fingerprint density at radius 3 is 2.55 bits per heavy atom. The second-order valence-electron chi connectivity index (χ2n) is 7.31. The van der Waals surface area contributed by atoms with Crippen molar-refractivity contribution in [3.8, 4) is 0 Å². The van der Waals surface area contributed by atoms with E-state index in [1.54, 1.807) is 16.5 Å². The van der Waals surface area contributed by atoms with E-state index in [9.17, 15) is 9.59 Å². The second kappa shape index (κ2) is 9.36. The van der Waals surface area contributed by atoms with Crippen LogP contribution in [0, 0.1) is 0 Å². The van der Waals surface area contributed by atoms with Gasteiger partial charge in [0.1, 0.15) is 0 Å². The largest absolute Gasteiger partial charge is 0.324 e. The Kier molecular flexibility index (Phi) is 6.64. The zero-order chi connectivity index (χ0) is 20.8. The summed E-state index contributed by atoms with van der Waals surface area (Å²) in [6.07, 6.45) is 2.83. The lowest BCUT2D eigenvalue weighted by Crippen LogP contribution is -2.31. The fourth-order valence-corrected chi connectivity index (χ4v) is 3.36. The molecule has 0 aromatic heterocycles. The molecule has 0 radical (unpaired) electrons. The summed E-state index contributed by atoms with van der Waals surface area (Å²) in [6, 6.07) is 15.7. The van der Waals surface area contributed by atoms with Gasteiger partial charge in [0.15, 0.2) is 0 Å². The fourth-order valence-electron chi connectivity index (χ4n) is 3.36. The van der Waals surface area contributed by atoms with Crippen LogP contribution >= 0.6 is 0 Å². The molecule has 29 heavy (non-hydrogen) atoms. The molecule has 0 bridgehead atoms. The van der Waals surface area contributed by atoms with Gasteiger partial charge >= 0.3 is 6.03 Å². The number of rotatable bonds is 7. The van der Waals surface area contributed by atoms with E-state index in [0.717, 1.165) is 23.4 Å². The Bertz CT molecular complexity index is 893. The lowest BCUT2D eigenvalue weighted by atomic mass is 10.1. The van der Waals surface area contributed by atoms with Gasteiger partial charge in [0, 0.05) is 37.9 Å². The number of nitrogens with one attached hydrogen (secondary N) is 1. The van der Waals surface area contributed by atoms with E-state index in [-0.39, 0.29) is 6.03 Å². The van der Waals surface area contributed by atoms with E-state index in [1.165, 1.54) is 11.6 Å². The number of carbonyl (C=O) groups excluding carboxylic acids is 2. The van der Waals surface area contributed by atoms with Gasteiger partial charge in [-0.1, -0.05) is 36.4 Å². The first-order valence-electron chi connectivity index (χ1n) is 9.47. The molecule has 1 aliphatic rings. The molecule has 0 aliphatic carbocycles. The summed E-state index contributed by atoms with van der Waals surface area (Å²) in [5.74, 6) is -0.589. The van der Waals surface area contributed by atoms with Gasteiger partial charge in [0.05, 0.1) is 0 Å². The summed E-state index contributed by atoms with van der Waals surface area (Å²) in [7, 11) is 4.08. The summed E-state index contributed by atoms with van der Waals surface area (Å²) < 4.78 is 0. The van der Waals surface area contributed by atoms with Crippen LogP contribution in [0.1, 0.15) is 16.7 Å². The zero-order valence-electron chi connectivity index (χ0n) is 16.7. The van der Waals surface area contributed by atoms with Crippen molar-refractivity contribution in [3.63, 3.8) is 0 Å². The van der Waals surface area contributed by atoms with Crippen LogP contribution in [0.4, 0.5) is 10.5 Å². The summed E-state index contributed by atoms with van der Waals surface area (Å²) in [6.45, 7) is 2.77. The summed E-state index contributed by atoms with van der Waals surface area (Å²) in [4.78, 5) is 29.7. The van der Waals surface area contributed by atoms with Crippen LogP contribution in [0.15, 0.2) is 54.6 Å². The number of hydrogen-bond donors (Lipinski definition) is 2. The van der Waals surface area contributed by atoms with Crippen molar-refractivity contribution in [1.82, 2.24) is 15.3 Å². The molecule has 0 saturated carbocycles. The van der Waals surface area contributed by atoms with Crippen molar-refractivity contribution >= 4 is 23.7 Å². The maximum atomic E-state index is 12.9. The van der Waals surface area contributed by atoms with Crippen LogP contribution in [-0.2, 0) is 17.9 Å². The van der Waals surface area contributed by atoms with Gasteiger partial charge in [-0.2, -0.15) is 0 Å². The molecule has 7 heteroatoms. The molecule has 3 rings (SSSR count). The number of anilines is 1. The molecule has 1 aliphatic heterocycles. The highest BCUT2D eigenvalue weighted by atomic mass is 16.5. The normalized spacial score (nSPS) is 14.3. The van der Waals surface area contributed by atoms with Gasteiger partial charge in [0.25, 0.3) is 5.91 Å². The van der Waals surface area contributed by atoms with Crippen molar-refractivity contribution in [3.05, 3.63) is 71.3 Å². The molecule has 1 heterocycles. The molecule has 2 aromatic rings. The van der Waals surface area contributed by atoms with Crippen LogP contribution < -0.4 is 10.4 Å². The Morgan fingerprint density at radius 1 is 1.14 bits per heavy atom. The van der Waals surface area contributed by atoms with E-state index >= 15 is 0 Å². The lowest BCUT2D eigenvalue weighted by molar-refractivity contribution is -0.124. The van der Waals surface area contributed by atoms with Crippen LogP contribution in [0.2, 0.25) is 0 Å². The van der Waals surface area contributed by atoms with Crippen molar-refractivity contribution in [1.29, 1.82) is 0 Å². The highest BCUT2D eigenvalue weighted by Gasteiger charge is 2.29. The number of amides is 3. The van der Waals surface area contributed by atoms with Gasteiger partial charge in [-0.25, -0.2) is 10.3 Å². The Balaban J connectivity index is 1.64. The third-order valence-electron chi connectivity index (χ3n) is 4.70. The number of benzene rings is 2. The fraction of sp³-hybridized carbons (Fsp3) is 0.273.